The van der Waals surface area contributed by atoms with Crippen LogP contribution in [-0.2, 0) is 9.53 Å². The van der Waals surface area contributed by atoms with Gasteiger partial charge < -0.3 is 9.47 Å². The van der Waals surface area contributed by atoms with Crippen molar-refractivity contribution in [2.75, 3.05) is 7.11 Å². The fourth-order valence-electron chi connectivity index (χ4n) is 3.93. The number of carbonyl (C=O) groups is 1. The molecule has 1 fully saturated rings. The lowest BCUT2D eigenvalue weighted by Gasteiger charge is -2.25. The maximum atomic E-state index is 13.1. The van der Waals surface area contributed by atoms with Crippen LogP contribution in [0.25, 0.3) is 11.1 Å². The molecule has 3 aromatic carbocycles. The highest BCUT2D eigenvalue weighted by Gasteiger charge is 2.47. The monoisotopic (exact) mass is 470 g/mol. The third-order valence-corrected chi connectivity index (χ3v) is 5.73. The first-order valence-corrected chi connectivity index (χ1v) is 11.4. The van der Waals surface area contributed by atoms with Crippen LogP contribution < -0.4 is 4.74 Å². The lowest BCUT2D eigenvalue weighted by molar-refractivity contribution is -0.186. The van der Waals surface area contributed by atoms with Crippen molar-refractivity contribution in [1.29, 1.82) is 0 Å². The van der Waals surface area contributed by atoms with Crippen molar-refractivity contribution in [2.24, 2.45) is 0 Å². The molecule has 1 aliphatic carbocycles. The molecule has 0 heterocycles. The van der Waals surface area contributed by atoms with Crippen molar-refractivity contribution in [3.05, 3.63) is 90.5 Å². The molecule has 0 N–H and O–H groups in total. The molecule has 1 saturated carbocycles. The van der Waals surface area contributed by atoms with Gasteiger partial charge in [0.1, 0.15) is 11.9 Å². The average Bonchev–Trinajstić information content (AvgIpc) is 2.85. The van der Waals surface area contributed by atoms with Gasteiger partial charge in [0, 0.05) is 0 Å². The van der Waals surface area contributed by atoms with Crippen LogP contribution in [0.15, 0.2) is 84.9 Å². The van der Waals surface area contributed by atoms with E-state index in [0.717, 1.165) is 25.0 Å². The second-order valence-corrected chi connectivity index (χ2v) is 8.18. The van der Waals surface area contributed by atoms with Crippen LogP contribution in [0.5, 0.6) is 5.75 Å². The summed E-state index contributed by atoms with van der Waals surface area (Å²) in [7, 11) is 1.68. The van der Waals surface area contributed by atoms with Gasteiger partial charge in [0.25, 0.3) is 0 Å². The van der Waals surface area contributed by atoms with Crippen LogP contribution in [0.3, 0.4) is 0 Å². The van der Waals surface area contributed by atoms with Gasteiger partial charge in [-0.25, -0.2) is 0 Å². The average molecular weight is 471 g/mol. The van der Waals surface area contributed by atoms with E-state index in [0.29, 0.717) is 12.8 Å². The molecule has 0 bridgehead atoms. The fraction of sp³-hybridized carbons (Fsp3) is 0.321. The third-order valence-electron chi connectivity index (χ3n) is 5.73. The summed E-state index contributed by atoms with van der Waals surface area (Å²) in [6.07, 6.45) is -0.830. The van der Waals surface area contributed by atoms with Gasteiger partial charge in [-0.3, -0.25) is 4.79 Å². The van der Waals surface area contributed by atoms with Gasteiger partial charge in [-0.1, -0.05) is 79.2 Å². The van der Waals surface area contributed by atoms with Gasteiger partial charge in [0.2, 0.25) is 0 Å². The number of halogens is 3. The number of benzene rings is 3. The predicted molar refractivity (Wildman–Crippen MR) is 127 cm³/mol. The van der Waals surface area contributed by atoms with E-state index in [2.05, 4.69) is 24.3 Å². The molecule has 1 unspecified atom stereocenters. The number of ether oxygens (including phenoxy) is 2. The van der Waals surface area contributed by atoms with Crippen LogP contribution >= 0.6 is 0 Å². The molecule has 6 heteroatoms. The number of rotatable bonds is 5. The Morgan fingerprint density at radius 2 is 1.32 bits per heavy atom. The van der Waals surface area contributed by atoms with E-state index in [-0.39, 0.29) is 11.7 Å². The topological polar surface area (TPSA) is 35.5 Å². The summed E-state index contributed by atoms with van der Waals surface area (Å²) in [6.45, 7) is 0. The van der Waals surface area contributed by atoms with E-state index in [1.807, 2.05) is 30.3 Å². The van der Waals surface area contributed by atoms with E-state index in [9.17, 15) is 18.0 Å². The number of methoxy groups -OCH3 is 1. The predicted octanol–water partition coefficient (Wildman–Crippen LogP) is 7.57. The Bertz CT molecular complexity index is 997. The third kappa shape index (κ3) is 7.37. The number of hydrogen-bond acceptors (Lipinski definition) is 3. The highest BCUT2D eigenvalue weighted by Crippen LogP contribution is 2.36. The molecule has 0 spiro atoms. The molecule has 34 heavy (non-hydrogen) atoms. The normalized spacial score (nSPS) is 14.9. The van der Waals surface area contributed by atoms with Crippen molar-refractivity contribution in [2.45, 2.75) is 50.3 Å². The molecule has 1 aliphatic rings. The lowest BCUT2D eigenvalue weighted by Crippen LogP contribution is -2.33. The van der Waals surface area contributed by atoms with Gasteiger partial charge in [-0.15, -0.1) is 0 Å². The van der Waals surface area contributed by atoms with Crippen molar-refractivity contribution in [3.63, 3.8) is 0 Å². The summed E-state index contributed by atoms with van der Waals surface area (Å²) in [5.41, 5.74) is 2.38. The van der Waals surface area contributed by atoms with Crippen molar-refractivity contribution < 1.29 is 27.4 Å². The van der Waals surface area contributed by atoms with Gasteiger partial charge >= 0.3 is 12.1 Å². The molecule has 180 valence electrons. The van der Waals surface area contributed by atoms with Crippen LogP contribution in [0.2, 0.25) is 0 Å². The van der Waals surface area contributed by atoms with E-state index in [1.165, 1.54) is 35.4 Å². The Morgan fingerprint density at radius 1 is 0.794 bits per heavy atom. The number of carbonyl (C=O) groups excluding carboxylic acids is 1. The van der Waals surface area contributed by atoms with Crippen LogP contribution in [0.1, 0.15) is 43.6 Å². The van der Waals surface area contributed by atoms with Gasteiger partial charge in [-0.05, 0) is 54.5 Å². The second kappa shape index (κ2) is 12.3. The zero-order valence-electron chi connectivity index (χ0n) is 19.1. The van der Waals surface area contributed by atoms with Crippen LogP contribution in [0.4, 0.5) is 13.2 Å². The number of hydrogen-bond donors (Lipinski definition) is 0. The van der Waals surface area contributed by atoms with E-state index < -0.39 is 18.1 Å². The molecule has 0 aromatic heterocycles. The van der Waals surface area contributed by atoms with Gasteiger partial charge in [0.15, 0.2) is 5.92 Å². The number of esters is 1. The van der Waals surface area contributed by atoms with E-state index in [1.54, 1.807) is 13.2 Å². The molecule has 0 aliphatic heterocycles. The first-order chi connectivity index (χ1) is 16.4. The Kier molecular flexibility index (Phi) is 9.14. The standard InChI is InChI=1S/C15H17F3O2.C13H12O/c16-15(17,18)13(11-7-3-1-4-8-11)14(19)20-12-9-5-2-6-10-12;1-14-13-9-7-12(8-10-13)11-5-3-2-4-6-11/h1,3-4,7-8,12-13H,2,5-6,9-10H2;2-10H,1H3. The Labute approximate surface area is 198 Å². The first kappa shape index (κ1) is 25.3. The molecular weight excluding hydrogens is 441 g/mol. The summed E-state index contributed by atoms with van der Waals surface area (Å²) in [5.74, 6) is -2.48. The largest absolute Gasteiger partial charge is 0.497 e. The summed E-state index contributed by atoms with van der Waals surface area (Å²) in [4.78, 5) is 11.9. The molecule has 3 nitrogen and oxygen atoms in total. The second-order valence-electron chi connectivity index (χ2n) is 8.18. The molecule has 1 atom stereocenters. The maximum absolute atomic E-state index is 13.1. The Hall–Kier alpha value is -3.28. The Balaban J connectivity index is 0.000000202. The van der Waals surface area contributed by atoms with E-state index >= 15 is 0 Å². The van der Waals surface area contributed by atoms with Crippen molar-refractivity contribution >= 4 is 5.97 Å². The summed E-state index contributed by atoms with van der Waals surface area (Å²) >= 11 is 0. The molecule has 0 saturated heterocycles. The molecule has 0 radical (unpaired) electrons. The first-order valence-electron chi connectivity index (χ1n) is 11.4. The summed E-state index contributed by atoms with van der Waals surface area (Å²) in [5, 5.41) is 0. The van der Waals surface area contributed by atoms with Gasteiger partial charge in [-0.2, -0.15) is 13.2 Å². The highest BCUT2D eigenvalue weighted by molar-refractivity contribution is 5.79. The zero-order valence-corrected chi connectivity index (χ0v) is 19.1. The van der Waals surface area contributed by atoms with Gasteiger partial charge in [0.05, 0.1) is 7.11 Å². The van der Waals surface area contributed by atoms with Crippen LogP contribution in [-0.4, -0.2) is 25.4 Å². The minimum absolute atomic E-state index is 0.0687. The lowest BCUT2D eigenvalue weighted by atomic mass is 9.96. The Morgan fingerprint density at radius 3 is 1.85 bits per heavy atom. The SMILES string of the molecule is COc1ccc(-c2ccccc2)cc1.O=C(OC1CCCCC1)C(c1ccccc1)C(F)(F)F. The quantitative estimate of drug-likeness (QED) is 0.361. The minimum atomic E-state index is -4.63. The highest BCUT2D eigenvalue weighted by atomic mass is 19.4. The summed E-state index contributed by atoms with van der Waals surface area (Å²) < 4.78 is 49.5. The maximum Gasteiger partial charge on any atom is 0.406 e. The smallest absolute Gasteiger partial charge is 0.406 e. The fourth-order valence-corrected chi connectivity index (χ4v) is 3.93. The zero-order chi connectivity index (χ0) is 24.4. The summed E-state index contributed by atoms with van der Waals surface area (Å²) in [6, 6.07) is 25.6. The van der Waals surface area contributed by atoms with Crippen molar-refractivity contribution in [1.82, 2.24) is 0 Å². The minimum Gasteiger partial charge on any atom is -0.497 e. The van der Waals surface area contributed by atoms with E-state index in [4.69, 9.17) is 9.47 Å². The molecule has 3 aromatic rings. The number of alkyl halides is 3. The molecular formula is C28H29F3O3. The molecule has 0 amide bonds. The molecule has 4 rings (SSSR count). The van der Waals surface area contributed by atoms with Crippen LogP contribution in [0, 0.1) is 0 Å². The van der Waals surface area contributed by atoms with Crippen molar-refractivity contribution in [3.8, 4) is 16.9 Å².